The molecule has 7 N–H and O–H groups in total. The van der Waals surface area contributed by atoms with Crippen molar-refractivity contribution in [2.24, 2.45) is 64.5 Å². The lowest BCUT2D eigenvalue weighted by Crippen LogP contribution is -2.47. The van der Waals surface area contributed by atoms with Crippen LogP contribution in [-0.4, -0.2) is 30.7 Å². The van der Waals surface area contributed by atoms with Crippen molar-refractivity contribution in [3.63, 3.8) is 0 Å². The predicted octanol–water partition coefficient (Wildman–Crippen LogP) is 5.43. The van der Waals surface area contributed by atoms with Crippen molar-refractivity contribution in [2.45, 2.75) is 135 Å². The van der Waals surface area contributed by atoms with Crippen molar-refractivity contribution >= 4 is 0 Å². The van der Waals surface area contributed by atoms with Gasteiger partial charge in [-0.25, -0.2) is 0 Å². The Morgan fingerprint density at radius 3 is 1.47 bits per heavy atom. The normalized spacial score (nSPS) is 48.5. The molecular formula is C30H58N4. The summed E-state index contributed by atoms with van der Waals surface area (Å²) in [5.74, 6) is 6.54. The molecule has 0 aromatic carbocycles. The molecule has 4 fully saturated rings. The van der Waals surface area contributed by atoms with Crippen molar-refractivity contribution in [3.05, 3.63) is 0 Å². The lowest BCUT2D eigenvalue weighted by atomic mass is 9.70. The molecule has 0 aromatic heterocycles. The fourth-order valence-electron chi connectivity index (χ4n) is 8.59. The maximum absolute atomic E-state index is 6.65. The predicted molar refractivity (Wildman–Crippen MR) is 145 cm³/mol. The van der Waals surface area contributed by atoms with Crippen LogP contribution in [0.1, 0.15) is 111 Å². The van der Waals surface area contributed by atoms with Crippen molar-refractivity contribution in [2.75, 3.05) is 6.54 Å². The van der Waals surface area contributed by atoms with Gasteiger partial charge in [-0.15, -0.1) is 0 Å². The first-order valence-electron chi connectivity index (χ1n) is 15.3. The van der Waals surface area contributed by atoms with E-state index in [-0.39, 0.29) is 0 Å². The maximum atomic E-state index is 6.65. The van der Waals surface area contributed by atoms with Gasteiger partial charge in [0.15, 0.2) is 0 Å². The molecular weight excluding hydrogens is 416 g/mol. The maximum Gasteiger partial charge on any atom is 0.00930 e. The Morgan fingerprint density at radius 1 is 0.529 bits per heavy atom. The van der Waals surface area contributed by atoms with Gasteiger partial charge in [-0.2, -0.15) is 0 Å². The number of nitrogens with one attached hydrogen (secondary N) is 1. The van der Waals surface area contributed by atoms with Crippen LogP contribution >= 0.6 is 0 Å². The van der Waals surface area contributed by atoms with E-state index in [1.54, 1.807) is 0 Å². The van der Waals surface area contributed by atoms with Gasteiger partial charge in [0.2, 0.25) is 0 Å². The molecule has 4 aliphatic rings. The van der Waals surface area contributed by atoms with E-state index in [2.05, 4.69) is 26.1 Å². The summed E-state index contributed by atoms with van der Waals surface area (Å²) in [6.45, 7) is 8.37. The van der Waals surface area contributed by atoms with Crippen LogP contribution < -0.4 is 22.5 Å². The van der Waals surface area contributed by atoms with E-state index in [1.165, 1.54) is 89.9 Å². The Kier molecular flexibility index (Phi) is 9.80. The van der Waals surface area contributed by atoms with Gasteiger partial charge in [-0.3, -0.25) is 0 Å². The van der Waals surface area contributed by atoms with Crippen LogP contribution in [0.3, 0.4) is 0 Å². The lowest BCUT2D eigenvalue weighted by Gasteiger charge is -2.41. The van der Waals surface area contributed by atoms with Crippen LogP contribution in [0, 0.1) is 47.3 Å². The molecule has 4 aliphatic carbocycles. The van der Waals surface area contributed by atoms with Crippen molar-refractivity contribution < 1.29 is 0 Å². The molecule has 12 unspecified atom stereocenters. The van der Waals surface area contributed by atoms with E-state index in [1.807, 2.05) is 0 Å². The molecule has 198 valence electrons. The highest BCUT2D eigenvalue weighted by Gasteiger charge is 2.35. The Labute approximate surface area is 211 Å². The van der Waals surface area contributed by atoms with E-state index < -0.39 is 0 Å². The second-order valence-corrected chi connectivity index (χ2v) is 13.9. The average Bonchev–Trinajstić information content (AvgIpc) is 2.80. The van der Waals surface area contributed by atoms with Crippen molar-refractivity contribution in [1.82, 2.24) is 5.32 Å². The standard InChI is InChI=1S/C30H58N4/c1-19-12-22(4-8-27(19)31)15-24-7-11-30(21(3)14-24)34-18-26-17-25(6-10-29(26)33)16-23-5-9-28(32)20(2)13-23/h19-30,34H,4-18,31-33H2,1-3H3. The minimum absolute atomic E-state index is 0.397. The Balaban J connectivity index is 1.18. The molecule has 0 aliphatic heterocycles. The fraction of sp³-hybridized carbons (Fsp3) is 1.00. The number of nitrogens with two attached hydrogens (primary N) is 3. The van der Waals surface area contributed by atoms with Gasteiger partial charge in [0.1, 0.15) is 0 Å². The van der Waals surface area contributed by atoms with Crippen LogP contribution in [0.5, 0.6) is 0 Å². The molecule has 0 spiro atoms. The highest BCUT2D eigenvalue weighted by molar-refractivity contribution is 4.90. The zero-order valence-electron chi connectivity index (χ0n) is 22.8. The molecule has 0 amide bonds. The molecule has 0 aromatic rings. The van der Waals surface area contributed by atoms with Gasteiger partial charge in [-0.05, 0) is 144 Å². The molecule has 0 saturated heterocycles. The van der Waals surface area contributed by atoms with E-state index in [4.69, 9.17) is 17.2 Å². The van der Waals surface area contributed by atoms with Gasteiger partial charge in [-0.1, -0.05) is 20.8 Å². The summed E-state index contributed by atoms with van der Waals surface area (Å²) in [4.78, 5) is 0. The van der Waals surface area contributed by atoms with E-state index >= 15 is 0 Å². The summed E-state index contributed by atoms with van der Waals surface area (Å²) in [6.07, 6.45) is 18.9. The number of hydrogen-bond donors (Lipinski definition) is 4. The zero-order valence-corrected chi connectivity index (χ0v) is 22.8. The summed E-state index contributed by atoms with van der Waals surface area (Å²) in [5, 5.41) is 4.03. The molecule has 0 bridgehead atoms. The van der Waals surface area contributed by atoms with Crippen LogP contribution in [0.4, 0.5) is 0 Å². The SMILES string of the molecule is CC1CC(CC2CCC(NCC3CC(CC4CCC(N)C(C)C4)CCC3N)C(C)C2)CCC1N. The quantitative estimate of drug-likeness (QED) is 0.396. The molecule has 12 atom stereocenters. The number of hydrogen-bond acceptors (Lipinski definition) is 4. The first-order chi connectivity index (χ1) is 16.3. The fourth-order valence-corrected chi connectivity index (χ4v) is 8.59. The lowest BCUT2D eigenvalue weighted by molar-refractivity contribution is 0.139. The van der Waals surface area contributed by atoms with Gasteiger partial charge in [0.05, 0.1) is 0 Å². The van der Waals surface area contributed by atoms with Gasteiger partial charge in [0.25, 0.3) is 0 Å². The van der Waals surface area contributed by atoms with Crippen molar-refractivity contribution in [3.8, 4) is 0 Å². The summed E-state index contributed by atoms with van der Waals surface area (Å²) in [5.41, 5.74) is 19.2. The second-order valence-electron chi connectivity index (χ2n) is 13.9. The largest absolute Gasteiger partial charge is 0.327 e. The minimum atomic E-state index is 0.397. The van der Waals surface area contributed by atoms with Crippen LogP contribution in [0.15, 0.2) is 0 Å². The topological polar surface area (TPSA) is 90.1 Å². The van der Waals surface area contributed by atoms with E-state index in [9.17, 15) is 0 Å². The van der Waals surface area contributed by atoms with Gasteiger partial charge < -0.3 is 22.5 Å². The molecule has 34 heavy (non-hydrogen) atoms. The Bertz CT molecular complexity index is 611. The summed E-state index contributed by atoms with van der Waals surface area (Å²) < 4.78 is 0. The molecule has 4 heteroatoms. The highest BCUT2D eigenvalue weighted by atomic mass is 14.9. The molecule has 4 rings (SSSR count). The summed E-state index contributed by atoms with van der Waals surface area (Å²) in [6, 6.07) is 1.98. The first-order valence-corrected chi connectivity index (χ1v) is 15.3. The second kappa shape index (κ2) is 12.4. The molecule has 0 radical (unpaired) electrons. The Hall–Kier alpha value is -0.160. The van der Waals surface area contributed by atoms with Gasteiger partial charge in [0, 0.05) is 24.2 Å². The van der Waals surface area contributed by atoms with E-state index in [0.29, 0.717) is 36.0 Å². The third kappa shape index (κ3) is 7.20. The van der Waals surface area contributed by atoms with Crippen LogP contribution in [-0.2, 0) is 0 Å². The van der Waals surface area contributed by atoms with Gasteiger partial charge >= 0.3 is 0 Å². The monoisotopic (exact) mass is 474 g/mol. The average molecular weight is 475 g/mol. The first kappa shape index (κ1) is 26.9. The van der Waals surface area contributed by atoms with Crippen LogP contribution in [0.2, 0.25) is 0 Å². The summed E-state index contributed by atoms with van der Waals surface area (Å²) in [7, 11) is 0. The molecule has 0 heterocycles. The minimum Gasteiger partial charge on any atom is -0.327 e. The van der Waals surface area contributed by atoms with E-state index in [0.717, 1.165) is 42.1 Å². The molecule has 4 saturated carbocycles. The van der Waals surface area contributed by atoms with Crippen LogP contribution in [0.25, 0.3) is 0 Å². The third-order valence-corrected chi connectivity index (χ3v) is 11.1. The smallest absolute Gasteiger partial charge is 0.00930 e. The number of rotatable bonds is 7. The Morgan fingerprint density at radius 2 is 0.971 bits per heavy atom. The summed E-state index contributed by atoms with van der Waals surface area (Å²) >= 11 is 0. The highest BCUT2D eigenvalue weighted by Crippen LogP contribution is 2.40. The molecule has 4 nitrogen and oxygen atoms in total. The third-order valence-electron chi connectivity index (χ3n) is 11.1. The zero-order chi connectivity index (χ0) is 24.2. The van der Waals surface area contributed by atoms with Crippen molar-refractivity contribution in [1.29, 1.82) is 0 Å².